The number of sulfonamides is 1. The molecule has 0 aliphatic carbocycles. The van der Waals surface area contributed by atoms with E-state index in [1.807, 2.05) is 0 Å². The predicted molar refractivity (Wildman–Crippen MR) is 90.3 cm³/mol. The van der Waals surface area contributed by atoms with Crippen LogP contribution in [0.1, 0.15) is 10.6 Å². The Morgan fingerprint density at radius 1 is 1.29 bits per heavy atom. The molecule has 2 aromatic heterocycles. The molecule has 1 aliphatic heterocycles. The Bertz CT molecular complexity index is 849. The molecule has 0 radical (unpaired) electrons. The summed E-state index contributed by atoms with van der Waals surface area (Å²) in [6.07, 6.45) is 2.65. The minimum absolute atomic E-state index is 0.0598. The normalized spacial score (nSPS) is 16.3. The van der Waals surface area contributed by atoms with E-state index in [1.165, 1.54) is 22.8 Å². The quantitative estimate of drug-likeness (QED) is 0.692. The molecule has 0 saturated carbocycles. The summed E-state index contributed by atoms with van der Waals surface area (Å²) in [7, 11) is -3.68. The van der Waals surface area contributed by atoms with Gasteiger partial charge in [-0.05, 0) is 34.1 Å². The number of amides is 1. The van der Waals surface area contributed by atoms with E-state index in [4.69, 9.17) is 16.0 Å². The van der Waals surface area contributed by atoms with Crippen LogP contribution in [0.4, 0.5) is 0 Å². The zero-order chi connectivity index (χ0) is 17.3. The van der Waals surface area contributed by atoms with Crippen molar-refractivity contribution < 1.29 is 17.6 Å². The van der Waals surface area contributed by atoms with Crippen LogP contribution >= 0.6 is 27.5 Å². The molecule has 0 spiro atoms. The van der Waals surface area contributed by atoms with Crippen LogP contribution in [-0.2, 0) is 10.0 Å². The molecule has 0 bridgehead atoms. The van der Waals surface area contributed by atoms with Gasteiger partial charge in [-0.15, -0.1) is 0 Å². The summed E-state index contributed by atoms with van der Waals surface area (Å²) in [6.45, 7) is 0.992. The topological polar surface area (TPSA) is 83.7 Å². The Hall–Kier alpha value is -1.42. The Labute approximate surface area is 152 Å². The predicted octanol–water partition coefficient (Wildman–Crippen LogP) is 2.24. The SMILES string of the molecule is O=C(c1ccco1)N1CCN(S(=O)(=O)c2cnc(Cl)c(Br)c2)CC1. The van der Waals surface area contributed by atoms with E-state index < -0.39 is 10.0 Å². The van der Waals surface area contributed by atoms with Crippen molar-refractivity contribution >= 4 is 43.5 Å². The van der Waals surface area contributed by atoms with Crippen molar-refractivity contribution in [3.05, 3.63) is 46.0 Å². The molecule has 0 unspecified atom stereocenters. The van der Waals surface area contributed by atoms with Crippen LogP contribution in [0.3, 0.4) is 0 Å². The summed E-state index contributed by atoms with van der Waals surface area (Å²) >= 11 is 8.97. The van der Waals surface area contributed by atoms with Crippen molar-refractivity contribution in [1.82, 2.24) is 14.2 Å². The van der Waals surface area contributed by atoms with Gasteiger partial charge in [0.1, 0.15) is 10.0 Å². The van der Waals surface area contributed by atoms with Crippen LogP contribution in [0.2, 0.25) is 5.15 Å². The molecule has 1 aliphatic rings. The van der Waals surface area contributed by atoms with Crippen molar-refractivity contribution in [2.45, 2.75) is 4.90 Å². The van der Waals surface area contributed by atoms with Gasteiger partial charge in [0.25, 0.3) is 5.91 Å². The number of rotatable bonds is 3. The van der Waals surface area contributed by atoms with E-state index in [0.29, 0.717) is 17.6 Å². The molecule has 128 valence electrons. The molecular weight excluding hydrogens is 422 g/mol. The van der Waals surface area contributed by atoms with E-state index >= 15 is 0 Å². The fraction of sp³-hybridized carbons (Fsp3) is 0.286. The number of carbonyl (C=O) groups is 1. The second kappa shape index (κ2) is 6.83. The zero-order valence-corrected chi connectivity index (χ0v) is 15.5. The summed E-state index contributed by atoms with van der Waals surface area (Å²) in [5, 5.41) is 0.197. The molecule has 1 fully saturated rings. The fourth-order valence-corrected chi connectivity index (χ4v) is 4.38. The number of furan rings is 1. The Morgan fingerprint density at radius 2 is 2.00 bits per heavy atom. The lowest BCUT2D eigenvalue weighted by molar-refractivity contribution is 0.0666. The van der Waals surface area contributed by atoms with E-state index in [2.05, 4.69) is 20.9 Å². The van der Waals surface area contributed by atoms with Crippen molar-refractivity contribution in [3.8, 4) is 0 Å². The fourth-order valence-electron chi connectivity index (χ4n) is 2.38. The van der Waals surface area contributed by atoms with E-state index in [9.17, 15) is 13.2 Å². The summed E-state index contributed by atoms with van der Waals surface area (Å²) in [6, 6.07) is 4.65. The molecular formula is C14H13BrClN3O4S. The molecule has 1 saturated heterocycles. The number of aromatic nitrogens is 1. The molecule has 0 atom stereocenters. The van der Waals surface area contributed by atoms with Gasteiger partial charge in [0.2, 0.25) is 10.0 Å². The number of hydrogen-bond acceptors (Lipinski definition) is 5. The number of halogens is 2. The summed E-state index contributed by atoms with van der Waals surface area (Å²) < 4.78 is 32.1. The highest BCUT2D eigenvalue weighted by Gasteiger charge is 2.31. The smallest absolute Gasteiger partial charge is 0.289 e. The lowest BCUT2D eigenvalue weighted by Gasteiger charge is -2.33. The van der Waals surface area contributed by atoms with E-state index in [0.717, 1.165) is 0 Å². The first kappa shape index (κ1) is 17.4. The molecule has 7 nitrogen and oxygen atoms in total. The third-order valence-electron chi connectivity index (χ3n) is 3.67. The maximum absolute atomic E-state index is 12.7. The second-order valence-electron chi connectivity index (χ2n) is 5.12. The van der Waals surface area contributed by atoms with Gasteiger partial charge in [-0.25, -0.2) is 13.4 Å². The van der Waals surface area contributed by atoms with Gasteiger partial charge in [-0.1, -0.05) is 11.6 Å². The minimum Gasteiger partial charge on any atom is -0.459 e. The van der Waals surface area contributed by atoms with Crippen molar-refractivity contribution in [3.63, 3.8) is 0 Å². The molecule has 0 aromatic carbocycles. The average Bonchev–Trinajstić information content (AvgIpc) is 3.11. The molecule has 1 amide bonds. The van der Waals surface area contributed by atoms with Crippen LogP contribution in [0.5, 0.6) is 0 Å². The van der Waals surface area contributed by atoms with Gasteiger partial charge in [0.05, 0.1) is 10.7 Å². The van der Waals surface area contributed by atoms with Crippen LogP contribution in [0, 0.1) is 0 Å². The van der Waals surface area contributed by atoms with Gasteiger partial charge in [0.15, 0.2) is 5.76 Å². The maximum atomic E-state index is 12.7. The van der Waals surface area contributed by atoms with Gasteiger partial charge >= 0.3 is 0 Å². The van der Waals surface area contributed by atoms with Crippen molar-refractivity contribution in [1.29, 1.82) is 0 Å². The van der Waals surface area contributed by atoms with Gasteiger partial charge < -0.3 is 9.32 Å². The van der Waals surface area contributed by atoms with Gasteiger partial charge in [0, 0.05) is 32.4 Å². The summed E-state index contributed by atoms with van der Waals surface area (Å²) in [5.41, 5.74) is 0. The Morgan fingerprint density at radius 3 is 2.58 bits per heavy atom. The van der Waals surface area contributed by atoms with Gasteiger partial charge in [-0.3, -0.25) is 4.79 Å². The monoisotopic (exact) mass is 433 g/mol. The van der Waals surface area contributed by atoms with E-state index in [-0.39, 0.29) is 34.8 Å². The number of nitrogens with zero attached hydrogens (tertiary/aromatic N) is 3. The van der Waals surface area contributed by atoms with E-state index in [1.54, 1.807) is 17.0 Å². The summed E-state index contributed by atoms with van der Waals surface area (Å²) in [4.78, 5) is 17.7. The van der Waals surface area contributed by atoms with Crippen molar-refractivity contribution in [2.24, 2.45) is 0 Å². The largest absolute Gasteiger partial charge is 0.459 e. The maximum Gasteiger partial charge on any atom is 0.289 e. The molecule has 0 N–H and O–H groups in total. The molecule has 3 heterocycles. The van der Waals surface area contributed by atoms with Crippen LogP contribution in [-0.4, -0.2) is 54.7 Å². The number of carbonyl (C=O) groups excluding carboxylic acids is 1. The molecule has 10 heteroatoms. The number of pyridine rings is 1. The first-order chi connectivity index (χ1) is 11.4. The Kier molecular flexibility index (Phi) is 4.95. The van der Waals surface area contributed by atoms with Gasteiger partial charge in [-0.2, -0.15) is 4.31 Å². The highest BCUT2D eigenvalue weighted by Crippen LogP contribution is 2.25. The molecule has 3 rings (SSSR count). The third kappa shape index (κ3) is 3.34. The number of piperazine rings is 1. The standard InChI is InChI=1S/C14H13BrClN3O4S/c15-11-8-10(9-17-13(11)16)24(21,22)19-5-3-18(4-6-19)14(20)12-2-1-7-23-12/h1-2,7-9H,3-6H2. The average molecular weight is 435 g/mol. The first-order valence-corrected chi connectivity index (χ1v) is 9.64. The van der Waals surface area contributed by atoms with Crippen molar-refractivity contribution in [2.75, 3.05) is 26.2 Å². The Balaban J connectivity index is 1.71. The lowest BCUT2D eigenvalue weighted by Crippen LogP contribution is -2.50. The van der Waals surface area contributed by atoms with Crippen LogP contribution in [0.15, 0.2) is 44.4 Å². The molecule has 24 heavy (non-hydrogen) atoms. The highest BCUT2D eigenvalue weighted by atomic mass is 79.9. The third-order valence-corrected chi connectivity index (χ3v) is 6.66. The zero-order valence-electron chi connectivity index (χ0n) is 12.4. The van der Waals surface area contributed by atoms with Crippen LogP contribution < -0.4 is 0 Å². The minimum atomic E-state index is -3.68. The highest BCUT2D eigenvalue weighted by molar-refractivity contribution is 9.10. The second-order valence-corrected chi connectivity index (χ2v) is 8.27. The lowest BCUT2D eigenvalue weighted by atomic mass is 10.3. The summed E-state index contributed by atoms with van der Waals surface area (Å²) in [5.74, 6) is 0.00471. The first-order valence-electron chi connectivity index (χ1n) is 7.03. The number of hydrogen-bond donors (Lipinski definition) is 0. The van der Waals surface area contributed by atoms with Crippen LogP contribution in [0.25, 0.3) is 0 Å². The molecule has 2 aromatic rings.